The minimum absolute atomic E-state index is 0.125. The van der Waals surface area contributed by atoms with E-state index in [0.29, 0.717) is 17.1 Å². The number of thiocarbonyl (C=S) groups is 1. The Bertz CT molecular complexity index is 929. The van der Waals surface area contributed by atoms with Gasteiger partial charge in [-0.2, -0.15) is 0 Å². The van der Waals surface area contributed by atoms with Crippen LogP contribution in [0.5, 0.6) is 5.75 Å². The Morgan fingerprint density at radius 1 is 1.19 bits per heavy atom. The van der Waals surface area contributed by atoms with Gasteiger partial charge in [0.05, 0.1) is 18.7 Å². The van der Waals surface area contributed by atoms with Gasteiger partial charge in [0.25, 0.3) is 5.91 Å². The van der Waals surface area contributed by atoms with E-state index in [0.717, 1.165) is 12.1 Å². The van der Waals surface area contributed by atoms with Gasteiger partial charge in [-0.1, -0.05) is 6.07 Å². The molecule has 27 heavy (non-hydrogen) atoms. The lowest BCUT2D eigenvalue weighted by atomic mass is 9.94. The first-order valence-corrected chi connectivity index (χ1v) is 8.48. The summed E-state index contributed by atoms with van der Waals surface area (Å²) in [6, 6.07) is 9.15. The highest BCUT2D eigenvalue weighted by atomic mass is 32.1. The average molecular weight is 389 g/mol. The average Bonchev–Trinajstić information content (AvgIpc) is 2.61. The molecule has 1 heterocycles. The van der Waals surface area contributed by atoms with Crippen molar-refractivity contribution in [1.82, 2.24) is 10.6 Å². The maximum Gasteiger partial charge on any atom is 0.255 e. The van der Waals surface area contributed by atoms with Crippen molar-refractivity contribution in [3.8, 4) is 5.75 Å². The van der Waals surface area contributed by atoms with Crippen molar-refractivity contribution in [3.63, 3.8) is 0 Å². The summed E-state index contributed by atoms with van der Waals surface area (Å²) < 4.78 is 32.7. The number of amides is 1. The molecule has 0 spiro atoms. The molecule has 5 nitrogen and oxygen atoms in total. The lowest BCUT2D eigenvalue weighted by molar-refractivity contribution is -0.113. The van der Waals surface area contributed by atoms with Crippen LogP contribution in [0.15, 0.2) is 53.7 Å². The molecule has 0 unspecified atom stereocenters. The maximum atomic E-state index is 14.3. The molecule has 8 heteroatoms. The molecule has 1 amide bonds. The fraction of sp³-hybridized carbons (Fsp3) is 0.158. The van der Waals surface area contributed by atoms with Crippen molar-refractivity contribution in [2.45, 2.75) is 13.0 Å². The van der Waals surface area contributed by atoms with Crippen LogP contribution in [0.1, 0.15) is 18.5 Å². The van der Waals surface area contributed by atoms with Gasteiger partial charge >= 0.3 is 0 Å². The zero-order valence-corrected chi connectivity index (χ0v) is 15.4. The lowest BCUT2D eigenvalue weighted by Crippen LogP contribution is -2.46. The molecule has 0 radical (unpaired) electrons. The van der Waals surface area contributed by atoms with Crippen LogP contribution in [0.2, 0.25) is 0 Å². The van der Waals surface area contributed by atoms with E-state index in [4.69, 9.17) is 17.0 Å². The van der Waals surface area contributed by atoms with Gasteiger partial charge in [-0.05, 0) is 49.5 Å². The largest absolute Gasteiger partial charge is 0.497 e. The summed E-state index contributed by atoms with van der Waals surface area (Å²) in [4.78, 5) is 12.9. The summed E-state index contributed by atoms with van der Waals surface area (Å²) in [6.07, 6.45) is 0. The third kappa shape index (κ3) is 4.06. The number of allylic oxidation sites excluding steroid dienone is 1. The molecule has 0 aliphatic carbocycles. The predicted molar refractivity (Wildman–Crippen MR) is 102 cm³/mol. The molecule has 0 bridgehead atoms. The fourth-order valence-corrected chi connectivity index (χ4v) is 3.11. The molecule has 3 rings (SSSR count). The van der Waals surface area contributed by atoms with E-state index in [-0.39, 0.29) is 16.2 Å². The number of methoxy groups -OCH3 is 1. The van der Waals surface area contributed by atoms with Crippen molar-refractivity contribution in [1.29, 1.82) is 0 Å². The van der Waals surface area contributed by atoms with Crippen LogP contribution in [-0.2, 0) is 4.79 Å². The molecular weight excluding hydrogens is 372 g/mol. The number of carbonyl (C=O) groups is 1. The van der Waals surface area contributed by atoms with Crippen molar-refractivity contribution >= 4 is 28.9 Å². The summed E-state index contributed by atoms with van der Waals surface area (Å²) in [5.74, 6) is -1.24. The number of hydrogen-bond donors (Lipinski definition) is 3. The summed E-state index contributed by atoms with van der Waals surface area (Å²) >= 11 is 5.13. The summed E-state index contributed by atoms with van der Waals surface area (Å²) in [5, 5.41) is 8.76. The Labute approximate surface area is 160 Å². The minimum atomic E-state index is -0.849. The minimum Gasteiger partial charge on any atom is -0.497 e. The number of rotatable bonds is 4. The van der Waals surface area contributed by atoms with Crippen molar-refractivity contribution in [2.75, 3.05) is 12.4 Å². The van der Waals surface area contributed by atoms with Gasteiger partial charge < -0.3 is 20.7 Å². The molecular formula is C19H17F2N3O2S. The van der Waals surface area contributed by atoms with E-state index in [1.807, 2.05) is 0 Å². The Morgan fingerprint density at radius 2 is 1.89 bits per heavy atom. The van der Waals surface area contributed by atoms with Crippen LogP contribution in [0.4, 0.5) is 14.5 Å². The van der Waals surface area contributed by atoms with Crippen molar-refractivity contribution in [3.05, 3.63) is 70.9 Å². The van der Waals surface area contributed by atoms with E-state index in [2.05, 4.69) is 16.0 Å². The third-order valence-electron chi connectivity index (χ3n) is 4.14. The summed E-state index contributed by atoms with van der Waals surface area (Å²) in [6.45, 7) is 1.67. The molecule has 0 saturated heterocycles. The number of nitrogens with one attached hydrogen (secondary N) is 3. The van der Waals surface area contributed by atoms with Gasteiger partial charge in [-0.25, -0.2) is 8.78 Å². The Balaban J connectivity index is 1.94. The highest BCUT2D eigenvalue weighted by molar-refractivity contribution is 7.80. The molecule has 1 aliphatic heterocycles. The number of hydrogen-bond acceptors (Lipinski definition) is 3. The first kappa shape index (κ1) is 18.8. The second-order valence-corrected chi connectivity index (χ2v) is 6.33. The van der Waals surface area contributed by atoms with E-state index < -0.39 is 23.6 Å². The SMILES string of the molecule is COc1ccc(NC(=O)C2=C(C)NC(=S)N[C@@H]2c2ccc(F)cc2F)cc1. The summed E-state index contributed by atoms with van der Waals surface area (Å²) in [5.41, 5.74) is 1.41. The number of benzene rings is 2. The van der Waals surface area contributed by atoms with E-state index in [1.165, 1.54) is 6.07 Å². The van der Waals surface area contributed by atoms with E-state index in [9.17, 15) is 13.6 Å². The van der Waals surface area contributed by atoms with Crippen LogP contribution in [0.3, 0.4) is 0 Å². The number of ether oxygens (including phenoxy) is 1. The van der Waals surface area contributed by atoms with E-state index in [1.54, 1.807) is 38.3 Å². The topological polar surface area (TPSA) is 62.4 Å². The van der Waals surface area contributed by atoms with Gasteiger partial charge in [0.2, 0.25) is 0 Å². The van der Waals surface area contributed by atoms with Crippen molar-refractivity contribution in [2.24, 2.45) is 0 Å². The molecule has 0 saturated carbocycles. The molecule has 140 valence electrons. The maximum absolute atomic E-state index is 14.3. The Kier molecular flexibility index (Phi) is 5.36. The Morgan fingerprint density at radius 3 is 2.52 bits per heavy atom. The van der Waals surface area contributed by atoms with Crippen LogP contribution in [0.25, 0.3) is 0 Å². The van der Waals surface area contributed by atoms with E-state index >= 15 is 0 Å². The molecule has 0 aromatic heterocycles. The lowest BCUT2D eigenvalue weighted by Gasteiger charge is -2.30. The number of halogens is 2. The van der Waals surface area contributed by atoms with Crippen LogP contribution >= 0.6 is 12.2 Å². The standard InChI is InChI=1S/C19H17F2N3O2S/c1-10-16(18(25)23-12-4-6-13(26-2)7-5-12)17(24-19(27)22-10)14-8-3-11(20)9-15(14)21/h3-9,17H,1-2H3,(H,23,25)(H2,22,24,27)/t17-/m1/s1. The number of carbonyl (C=O) groups excluding carboxylic acids is 1. The van der Waals surface area contributed by atoms with Gasteiger partial charge in [-0.3, -0.25) is 4.79 Å². The van der Waals surface area contributed by atoms with Crippen LogP contribution in [0, 0.1) is 11.6 Å². The van der Waals surface area contributed by atoms with Gasteiger partial charge in [0.15, 0.2) is 5.11 Å². The first-order chi connectivity index (χ1) is 12.9. The molecule has 2 aromatic rings. The highest BCUT2D eigenvalue weighted by Crippen LogP contribution is 2.30. The first-order valence-electron chi connectivity index (χ1n) is 8.07. The third-order valence-corrected chi connectivity index (χ3v) is 4.36. The van der Waals surface area contributed by atoms with Crippen LogP contribution < -0.4 is 20.7 Å². The fourth-order valence-electron chi connectivity index (χ4n) is 2.84. The number of anilines is 1. The second kappa shape index (κ2) is 7.71. The van der Waals surface area contributed by atoms with Gasteiger partial charge in [0, 0.05) is 23.0 Å². The zero-order valence-electron chi connectivity index (χ0n) is 14.6. The molecule has 0 fully saturated rings. The Hall–Kier alpha value is -3.00. The molecule has 3 N–H and O–H groups in total. The molecule has 1 aliphatic rings. The zero-order chi connectivity index (χ0) is 19.6. The molecule has 2 aromatic carbocycles. The monoisotopic (exact) mass is 389 g/mol. The van der Waals surface area contributed by atoms with Gasteiger partial charge in [0.1, 0.15) is 17.4 Å². The van der Waals surface area contributed by atoms with Crippen LogP contribution in [-0.4, -0.2) is 18.1 Å². The predicted octanol–water partition coefficient (Wildman–Crippen LogP) is 3.40. The normalized spacial score (nSPS) is 16.4. The van der Waals surface area contributed by atoms with Gasteiger partial charge in [-0.15, -0.1) is 0 Å². The summed E-state index contributed by atoms with van der Waals surface area (Å²) in [7, 11) is 1.55. The van der Waals surface area contributed by atoms with Crippen molar-refractivity contribution < 1.29 is 18.3 Å². The molecule has 1 atom stereocenters. The quantitative estimate of drug-likeness (QED) is 0.700. The smallest absolute Gasteiger partial charge is 0.255 e. The highest BCUT2D eigenvalue weighted by Gasteiger charge is 2.31. The second-order valence-electron chi connectivity index (χ2n) is 5.92.